The van der Waals surface area contributed by atoms with Crippen LogP contribution in [0, 0.1) is 6.92 Å². The summed E-state index contributed by atoms with van der Waals surface area (Å²) >= 11 is 0. The molecule has 1 N–H and O–H groups in total. The van der Waals surface area contributed by atoms with Gasteiger partial charge in [0.25, 0.3) is 10.1 Å². The first-order chi connectivity index (χ1) is 16.4. The summed E-state index contributed by atoms with van der Waals surface area (Å²) in [5.41, 5.74) is 3.28. The zero-order valence-electron chi connectivity index (χ0n) is 19.6. The lowest BCUT2D eigenvalue weighted by atomic mass is 10.00. The third-order valence-electron chi connectivity index (χ3n) is 6.50. The zero-order valence-corrected chi connectivity index (χ0v) is 20.4. The van der Waals surface area contributed by atoms with Crippen LogP contribution in [0.4, 0.5) is 0 Å². The second-order valence-corrected chi connectivity index (χ2v) is 10.7. The molecule has 3 aromatic carbocycles. The van der Waals surface area contributed by atoms with Crippen molar-refractivity contribution in [2.75, 3.05) is 0 Å². The minimum absolute atomic E-state index is 0.122. The first kappa shape index (κ1) is 24.6. The minimum atomic E-state index is -3.97. The highest BCUT2D eigenvalue weighted by molar-refractivity contribution is 7.86. The van der Waals surface area contributed by atoms with E-state index in [0.29, 0.717) is 19.5 Å². The van der Waals surface area contributed by atoms with Crippen molar-refractivity contribution in [3.05, 3.63) is 102 Å². The first-order valence-electron chi connectivity index (χ1n) is 11.9. The van der Waals surface area contributed by atoms with E-state index in [0.717, 1.165) is 36.0 Å². The minimum Gasteiger partial charge on any atom is -0.389 e. The van der Waals surface area contributed by atoms with Gasteiger partial charge in [-0.3, -0.25) is 9.08 Å². The Morgan fingerprint density at radius 2 is 1.35 bits per heavy atom. The number of rotatable bonds is 8. The maximum absolute atomic E-state index is 13.0. The first-order valence-corrected chi connectivity index (χ1v) is 13.3. The topological polar surface area (TPSA) is 66.8 Å². The smallest absolute Gasteiger partial charge is 0.297 e. The molecule has 180 valence electrons. The molecule has 0 bridgehead atoms. The quantitative estimate of drug-likeness (QED) is 0.361. The van der Waals surface area contributed by atoms with E-state index >= 15 is 0 Å². The van der Waals surface area contributed by atoms with Gasteiger partial charge in [0.05, 0.1) is 11.0 Å². The highest BCUT2D eigenvalue weighted by atomic mass is 32.2. The van der Waals surface area contributed by atoms with E-state index in [9.17, 15) is 13.5 Å². The molecule has 0 aliphatic heterocycles. The second kappa shape index (κ2) is 11.3. The number of aliphatic hydroxyl groups is 1. The number of benzene rings is 3. The highest BCUT2D eigenvalue weighted by Gasteiger charge is 2.37. The van der Waals surface area contributed by atoms with Gasteiger partial charge < -0.3 is 5.11 Å². The van der Waals surface area contributed by atoms with Gasteiger partial charge in [-0.25, -0.2) is 0 Å². The molecule has 0 saturated heterocycles. The number of hydrogen-bond acceptors (Lipinski definition) is 5. The van der Waals surface area contributed by atoms with Crippen molar-refractivity contribution < 1.29 is 17.7 Å². The molecule has 1 aliphatic rings. The molecular formula is C28H33NO4S. The lowest BCUT2D eigenvalue weighted by Gasteiger charge is -2.36. The fraction of sp³-hybridized carbons (Fsp3) is 0.357. The maximum Gasteiger partial charge on any atom is 0.297 e. The Morgan fingerprint density at radius 1 is 0.824 bits per heavy atom. The maximum atomic E-state index is 13.0. The summed E-state index contributed by atoms with van der Waals surface area (Å²) in [6.45, 7) is 3.23. The molecule has 34 heavy (non-hydrogen) atoms. The van der Waals surface area contributed by atoms with Crippen LogP contribution in [-0.2, 0) is 27.4 Å². The number of aliphatic hydroxyl groups excluding tert-OH is 1. The predicted molar refractivity (Wildman–Crippen MR) is 134 cm³/mol. The van der Waals surface area contributed by atoms with Crippen molar-refractivity contribution in [3.8, 4) is 0 Å². The van der Waals surface area contributed by atoms with Crippen LogP contribution < -0.4 is 0 Å². The Balaban J connectivity index is 1.58. The van der Waals surface area contributed by atoms with Gasteiger partial charge in [-0.1, -0.05) is 91.2 Å². The summed E-state index contributed by atoms with van der Waals surface area (Å²) < 4.78 is 31.6. The van der Waals surface area contributed by atoms with E-state index in [-0.39, 0.29) is 10.9 Å². The van der Waals surface area contributed by atoms with Crippen LogP contribution in [-0.4, -0.2) is 36.7 Å². The van der Waals surface area contributed by atoms with E-state index in [2.05, 4.69) is 29.2 Å². The van der Waals surface area contributed by atoms with Crippen LogP contribution in [0.25, 0.3) is 0 Å². The van der Waals surface area contributed by atoms with Crippen LogP contribution in [0.1, 0.15) is 42.4 Å². The average Bonchev–Trinajstić information content (AvgIpc) is 3.01. The SMILES string of the molecule is Cc1ccc(S(=O)(=O)O[C@H]2CCCC[C@@H](N(Cc3ccccc3)Cc3ccccc3)[C@@H]2O)cc1. The third-order valence-corrected chi connectivity index (χ3v) is 7.85. The monoisotopic (exact) mass is 479 g/mol. The molecule has 0 unspecified atom stereocenters. The van der Waals surface area contributed by atoms with Gasteiger partial charge in [0.15, 0.2) is 0 Å². The van der Waals surface area contributed by atoms with Crippen LogP contribution in [0.2, 0.25) is 0 Å². The molecular weight excluding hydrogens is 446 g/mol. The molecule has 4 rings (SSSR count). The van der Waals surface area contributed by atoms with Crippen molar-refractivity contribution in [2.45, 2.75) is 68.8 Å². The molecule has 5 nitrogen and oxygen atoms in total. The highest BCUT2D eigenvalue weighted by Crippen LogP contribution is 2.29. The molecule has 6 heteroatoms. The van der Waals surface area contributed by atoms with Crippen molar-refractivity contribution in [3.63, 3.8) is 0 Å². The summed E-state index contributed by atoms with van der Waals surface area (Å²) in [5, 5.41) is 11.5. The van der Waals surface area contributed by atoms with Gasteiger partial charge in [0.1, 0.15) is 6.10 Å². The molecule has 1 aliphatic carbocycles. The molecule has 0 heterocycles. The Labute approximate surface area is 203 Å². The van der Waals surface area contributed by atoms with E-state index in [1.165, 1.54) is 0 Å². The largest absolute Gasteiger partial charge is 0.389 e. The molecule has 1 fully saturated rings. The third kappa shape index (κ3) is 6.33. The molecule has 3 atom stereocenters. The summed E-state index contributed by atoms with van der Waals surface area (Å²) in [5.74, 6) is 0. The second-order valence-electron chi connectivity index (χ2n) is 9.12. The Bertz CT molecular complexity index is 1090. The Hall–Kier alpha value is -2.51. The fourth-order valence-electron chi connectivity index (χ4n) is 4.64. The summed E-state index contributed by atoms with van der Waals surface area (Å²) in [4.78, 5) is 2.38. The van der Waals surface area contributed by atoms with Gasteiger partial charge in [-0.05, 0) is 43.0 Å². The van der Waals surface area contributed by atoms with Crippen LogP contribution in [0.15, 0.2) is 89.8 Å². The van der Waals surface area contributed by atoms with Gasteiger partial charge >= 0.3 is 0 Å². The molecule has 3 aromatic rings. The van der Waals surface area contributed by atoms with Gasteiger partial charge in [-0.2, -0.15) is 8.42 Å². The molecule has 0 radical (unpaired) electrons. The fourth-order valence-corrected chi connectivity index (χ4v) is 5.76. The summed E-state index contributed by atoms with van der Waals surface area (Å²) in [6.07, 6.45) is 1.31. The molecule has 0 amide bonds. The summed E-state index contributed by atoms with van der Waals surface area (Å²) in [6, 6.07) is 26.8. The van der Waals surface area contributed by atoms with E-state index in [1.54, 1.807) is 24.3 Å². The number of aryl methyl sites for hydroxylation is 1. The molecule has 0 spiro atoms. The zero-order chi connectivity index (χ0) is 24.0. The standard InChI is InChI=1S/C28H33NO4S/c1-22-16-18-25(19-17-22)34(31,32)33-27-15-9-8-14-26(28(27)30)29(20-23-10-4-2-5-11-23)21-24-12-6-3-7-13-24/h2-7,10-13,16-19,26-28,30H,8-9,14-15,20-21H2,1H3/t26-,27+,28+/m1/s1. The van der Waals surface area contributed by atoms with Crippen molar-refractivity contribution >= 4 is 10.1 Å². The lowest BCUT2D eigenvalue weighted by Crippen LogP contribution is -2.48. The van der Waals surface area contributed by atoms with Gasteiger partial charge in [0.2, 0.25) is 0 Å². The normalized spacial score (nSPS) is 21.3. The van der Waals surface area contributed by atoms with E-state index in [4.69, 9.17) is 4.18 Å². The van der Waals surface area contributed by atoms with Crippen molar-refractivity contribution in [2.24, 2.45) is 0 Å². The van der Waals surface area contributed by atoms with Gasteiger partial charge in [-0.15, -0.1) is 0 Å². The van der Waals surface area contributed by atoms with Gasteiger partial charge in [0, 0.05) is 19.1 Å². The number of nitrogens with zero attached hydrogens (tertiary/aromatic N) is 1. The van der Waals surface area contributed by atoms with Crippen LogP contribution >= 0.6 is 0 Å². The van der Waals surface area contributed by atoms with Crippen molar-refractivity contribution in [1.29, 1.82) is 0 Å². The summed E-state index contributed by atoms with van der Waals surface area (Å²) in [7, 11) is -3.97. The van der Waals surface area contributed by atoms with Crippen LogP contribution in [0.3, 0.4) is 0 Å². The Morgan fingerprint density at radius 3 is 1.91 bits per heavy atom. The lowest BCUT2D eigenvalue weighted by molar-refractivity contribution is -0.0279. The van der Waals surface area contributed by atoms with Crippen LogP contribution in [0.5, 0.6) is 0 Å². The molecule has 0 aromatic heterocycles. The predicted octanol–water partition coefficient (Wildman–Crippen LogP) is 5.07. The molecule has 1 saturated carbocycles. The van der Waals surface area contributed by atoms with Crippen molar-refractivity contribution in [1.82, 2.24) is 4.90 Å². The Kier molecular flexibility index (Phi) is 8.16. The number of hydrogen-bond donors (Lipinski definition) is 1. The average molecular weight is 480 g/mol. The van der Waals surface area contributed by atoms with E-state index in [1.807, 2.05) is 43.3 Å². The van der Waals surface area contributed by atoms with E-state index < -0.39 is 22.3 Å².